The van der Waals surface area contributed by atoms with Crippen LogP contribution in [-0.4, -0.2) is 35.1 Å². The van der Waals surface area contributed by atoms with Crippen molar-refractivity contribution >= 4 is 9.90 Å². The van der Waals surface area contributed by atoms with Crippen LogP contribution in [0.4, 0.5) is 0 Å². The summed E-state index contributed by atoms with van der Waals surface area (Å²) in [5, 5.41) is 27.9. The zero-order valence-corrected chi connectivity index (χ0v) is 17.4. The van der Waals surface area contributed by atoms with Crippen LogP contribution in [0.5, 0.6) is 0 Å². The minimum atomic E-state index is 0. The van der Waals surface area contributed by atoms with Gasteiger partial charge in [0.2, 0.25) is 0 Å². The maximum absolute atomic E-state index is 9.37. The minimum Gasteiger partial charge on any atom is -0.396 e. The largest absolute Gasteiger partial charge is 0.396 e. The van der Waals surface area contributed by atoms with Crippen molar-refractivity contribution in [2.45, 2.75) is 84.5 Å². The van der Waals surface area contributed by atoms with Crippen LogP contribution in [0.2, 0.25) is 0 Å². The number of hydrogen-bond acceptors (Lipinski definition) is 3. The zero-order chi connectivity index (χ0) is 17.0. The van der Waals surface area contributed by atoms with Gasteiger partial charge in [-0.15, -0.1) is 0 Å². The first-order valence-electron chi connectivity index (χ1n) is 9.71. The predicted octanol–water partition coefficient (Wildman–Crippen LogP) is 3.95. The molecule has 0 radical (unpaired) electrons. The summed E-state index contributed by atoms with van der Waals surface area (Å²) in [4.78, 5) is 0. The maximum atomic E-state index is 9.37. The van der Waals surface area contributed by atoms with Crippen molar-refractivity contribution in [3.05, 3.63) is 0 Å². The molecule has 0 heterocycles. The van der Waals surface area contributed by atoms with Crippen LogP contribution in [0.1, 0.15) is 84.5 Å². The molecule has 0 aliphatic heterocycles. The molecule has 2 fully saturated rings. The van der Waals surface area contributed by atoms with E-state index in [0.29, 0.717) is 36.1 Å². The zero-order valence-electron chi connectivity index (χ0n) is 16.0. The van der Waals surface area contributed by atoms with E-state index in [0.717, 1.165) is 44.4 Å². The molecule has 144 valence electrons. The molecule has 0 aromatic carbocycles. The fourth-order valence-corrected chi connectivity index (χ4v) is 6.51. The fourth-order valence-electron chi connectivity index (χ4n) is 6.51. The van der Waals surface area contributed by atoms with E-state index in [4.69, 9.17) is 0 Å². The van der Waals surface area contributed by atoms with Gasteiger partial charge in [0.15, 0.2) is 0 Å². The second-order valence-corrected chi connectivity index (χ2v) is 9.43. The summed E-state index contributed by atoms with van der Waals surface area (Å²) < 4.78 is 0. The molecule has 2 bridgehead atoms. The van der Waals surface area contributed by atoms with Crippen LogP contribution in [0.3, 0.4) is 0 Å². The Kier molecular flexibility index (Phi) is 8.67. The van der Waals surface area contributed by atoms with E-state index in [2.05, 4.69) is 13.8 Å². The molecule has 3 atom stereocenters. The van der Waals surface area contributed by atoms with Gasteiger partial charge in [0.1, 0.15) is 0 Å². The SMILES string of the molecule is CC1(CCCO)CC2CC(C)(CCCO)CC(CCCO)(C2)C1.P. The third kappa shape index (κ3) is 5.66. The maximum Gasteiger partial charge on any atom is 0.0431 e. The number of hydrogen-bond donors (Lipinski definition) is 3. The molecule has 0 aromatic rings. The van der Waals surface area contributed by atoms with Gasteiger partial charge in [0, 0.05) is 19.8 Å². The topological polar surface area (TPSA) is 60.7 Å². The molecule has 2 aliphatic carbocycles. The van der Waals surface area contributed by atoms with Crippen LogP contribution >= 0.6 is 9.90 Å². The van der Waals surface area contributed by atoms with Gasteiger partial charge in [-0.2, -0.15) is 9.90 Å². The number of fused-ring (bicyclic) bond motifs is 2. The van der Waals surface area contributed by atoms with Crippen molar-refractivity contribution in [2.75, 3.05) is 19.8 Å². The van der Waals surface area contributed by atoms with Crippen molar-refractivity contribution in [1.82, 2.24) is 0 Å². The van der Waals surface area contributed by atoms with Crippen LogP contribution in [0.15, 0.2) is 0 Å². The Morgan fingerprint density at radius 2 is 1.12 bits per heavy atom. The Hall–Kier alpha value is 0.310. The second-order valence-electron chi connectivity index (χ2n) is 9.43. The lowest BCUT2D eigenvalue weighted by Gasteiger charge is -2.58. The molecule has 3 unspecified atom stereocenters. The molecule has 24 heavy (non-hydrogen) atoms. The van der Waals surface area contributed by atoms with Gasteiger partial charge < -0.3 is 15.3 Å². The molecule has 0 aromatic heterocycles. The van der Waals surface area contributed by atoms with Crippen LogP contribution in [0, 0.1) is 22.2 Å². The molecule has 0 saturated heterocycles. The van der Waals surface area contributed by atoms with E-state index in [1.54, 1.807) is 0 Å². The minimum absolute atomic E-state index is 0. The summed E-state index contributed by atoms with van der Waals surface area (Å²) in [6.07, 6.45) is 12.6. The lowest BCUT2D eigenvalue weighted by molar-refractivity contribution is -0.0787. The van der Waals surface area contributed by atoms with Gasteiger partial charge in [0.05, 0.1) is 0 Å². The highest BCUT2D eigenvalue weighted by atomic mass is 31.0. The summed E-state index contributed by atoms with van der Waals surface area (Å²) in [5.41, 5.74) is 1.09. The number of aliphatic hydroxyl groups is 3. The highest BCUT2D eigenvalue weighted by Crippen LogP contribution is 2.63. The molecular weight excluding hydrogens is 319 g/mol. The van der Waals surface area contributed by atoms with E-state index < -0.39 is 0 Å². The van der Waals surface area contributed by atoms with Gasteiger partial charge in [-0.05, 0) is 92.8 Å². The highest BCUT2D eigenvalue weighted by Gasteiger charge is 2.52. The fraction of sp³-hybridized carbons (Fsp3) is 1.00. The van der Waals surface area contributed by atoms with Gasteiger partial charge in [-0.1, -0.05) is 13.8 Å². The van der Waals surface area contributed by atoms with Crippen LogP contribution in [0.25, 0.3) is 0 Å². The molecule has 2 saturated carbocycles. The standard InChI is InChI=1S/C20H38O3.H3P/c1-18(6-3-9-21)12-17-13-19(2,7-4-10-22)16-20(14-17,15-18)8-5-11-23;/h17,21-23H,3-16H2,1-2H3;1H3. The van der Waals surface area contributed by atoms with Gasteiger partial charge in [-0.3, -0.25) is 0 Å². The lowest BCUT2D eigenvalue weighted by atomic mass is 9.47. The lowest BCUT2D eigenvalue weighted by Crippen LogP contribution is -2.47. The van der Waals surface area contributed by atoms with Gasteiger partial charge in [0.25, 0.3) is 0 Å². The van der Waals surface area contributed by atoms with E-state index in [-0.39, 0.29) is 9.90 Å². The van der Waals surface area contributed by atoms with Crippen LogP contribution < -0.4 is 0 Å². The molecule has 0 amide bonds. The first-order chi connectivity index (χ1) is 10.9. The summed E-state index contributed by atoms with van der Waals surface area (Å²) in [5.74, 6) is 0.781. The molecule has 0 spiro atoms. The Morgan fingerprint density at radius 1 is 0.708 bits per heavy atom. The normalized spacial score (nSPS) is 38.6. The average Bonchev–Trinajstić information content (AvgIpc) is 2.48. The quantitative estimate of drug-likeness (QED) is 0.546. The second kappa shape index (κ2) is 9.31. The van der Waals surface area contributed by atoms with Crippen molar-refractivity contribution in [3.8, 4) is 0 Å². The van der Waals surface area contributed by atoms with Gasteiger partial charge >= 0.3 is 0 Å². The monoisotopic (exact) mass is 360 g/mol. The molecule has 4 heteroatoms. The van der Waals surface area contributed by atoms with Crippen molar-refractivity contribution in [1.29, 1.82) is 0 Å². The van der Waals surface area contributed by atoms with Gasteiger partial charge in [-0.25, -0.2) is 0 Å². The van der Waals surface area contributed by atoms with E-state index >= 15 is 0 Å². The Balaban J connectivity index is 0.00000288. The first kappa shape index (κ1) is 22.4. The first-order valence-corrected chi connectivity index (χ1v) is 9.71. The predicted molar refractivity (Wildman–Crippen MR) is 105 cm³/mol. The van der Waals surface area contributed by atoms with Crippen molar-refractivity contribution < 1.29 is 15.3 Å². The number of aliphatic hydroxyl groups excluding tert-OH is 3. The molecule has 2 rings (SSSR count). The highest BCUT2D eigenvalue weighted by molar-refractivity contribution is 6.92. The summed E-state index contributed by atoms with van der Waals surface area (Å²) in [6, 6.07) is 0. The summed E-state index contributed by atoms with van der Waals surface area (Å²) in [7, 11) is 0. The third-order valence-electron chi connectivity index (χ3n) is 6.63. The Labute approximate surface area is 152 Å². The third-order valence-corrected chi connectivity index (χ3v) is 6.63. The average molecular weight is 361 g/mol. The van der Waals surface area contributed by atoms with Crippen molar-refractivity contribution in [3.63, 3.8) is 0 Å². The molecular formula is C20H41O3P. The summed E-state index contributed by atoms with van der Waals surface area (Å²) in [6.45, 7) is 5.77. The smallest absolute Gasteiger partial charge is 0.0431 e. The Bertz CT molecular complexity index is 347. The molecule has 2 aliphatic rings. The molecule has 3 nitrogen and oxygen atoms in total. The number of rotatable bonds is 9. The molecule has 3 N–H and O–H groups in total. The van der Waals surface area contributed by atoms with E-state index in [9.17, 15) is 15.3 Å². The van der Waals surface area contributed by atoms with E-state index in [1.807, 2.05) is 0 Å². The van der Waals surface area contributed by atoms with E-state index in [1.165, 1.54) is 32.1 Å². The van der Waals surface area contributed by atoms with Crippen LogP contribution in [-0.2, 0) is 0 Å². The van der Waals surface area contributed by atoms with Crippen molar-refractivity contribution in [2.24, 2.45) is 22.2 Å². The Morgan fingerprint density at radius 3 is 1.54 bits per heavy atom. The summed E-state index contributed by atoms with van der Waals surface area (Å²) >= 11 is 0.